The Balaban J connectivity index is 1.41. The fraction of sp³-hybridized carbons (Fsp3) is 0.296. The summed E-state index contributed by atoms with van der Waals surface area (Å²) in [6.45, 7) is 0. The summed E-state index contributed by atoms with van der Waals surface area (Å²) in [4.78, 5) is 31.8. The van der Waals surface area contributed by atoms with Crippen molar-refractivity contribution in [2.75, 3.05) is 12.0 Å². The number of hydrogen-bond acceptors (Lipinski definition) is 9. The molecule has 0 aromatic carbocycles. The Labute approximate surface area is 235 Å². The van der Waals surface area contributed by atoms with Gasteiger partial charge in [0.05, 0.1) is 17.6 Å². The Hall–Kier alpha value is -4.72. The highest BCUT2D eigenvalue weighted by Gasteiger charge is 2.46. The van der Waals surface area contributed by atoms with Crippen molar-refractivity contribution in [1.29, 1.82) is 5.41 Å². The third-order valence-corrected chi connectivity index (χ3v) is 9.02. The number of piperidine rings is 1. The minimum absolute atomic E-state index is 0.00618. The number of rotatable bonds is 5. The van der Waals surface area contributed by atoms with Gasteiger partial charge in [-0.25, -0.2) is 18.4 Å². The summed E-state index contributed by atoms with van der Waals surface area (Å²) in [5, 5.41) is 11.5. The molecule has 2 bridgehead atoms. The average Bonchev–Trinajstić information content (AvgIpc) is 3.50. The summed E-state index contributed by atoms with van der Waals surface area (Å²) in [5.74, 6) is -0.910. The predicted molar refractivity (Wildman–Crippen MR) is 153 cm³/mol. The highest BCUT2D eigenvalue weighted by atomic mass is 32.2. The summed E-state index contributed by atoms with van der Waals surface area (Å²) < 4.78 is 27.4. The van der Waals surface area contributed by atoms with E-state index in [2.05, 4.69) is 20.1 Å². The number of amidine groups is 1. The third-order valence-electron chi connectivity index (χ3n) is 7.86. The topological polar surface area (TPSA) is 199 Å². The summed E-state index contributed by atoms with van der Waals surface area (Å²) in [6, 6.07) is 7.23. The molecule has 6 heterocycles. The van der Waals surface area contributed by atoms with E-state index in [9.17, 15) is 13.2 Å². The quantitative estimate of drug-likeness (QED) is 0.236. The number of nitrogens with two attached hydrogens (primary N) is 2. The Morgan fingerprint density at radius 1 is 1.10 bits per heavy atom. The molecular formula is C27H28N10O3S. The first-order valence-electron chi connectivity index (χ1n) is 13.1. The average molecular weight is 573 g/mol. The molecule has 13 nitrogen and oxygen atoms in total. The number of pyridine rings is 2. The number of nitrogens with zero attached hydrogens (tertiary/aromatic N) is 7. The lowest BCUT2D eigenvalue weighted by Crippen LogP contribution is -2.50. The van der Waals surface area contributed by atoms with Crippen LogP contribution >= 0.6 is 0 Å². The van der Waals surface area contributed by atoms with Gasteiger partial charge in [-0.1, -0.05) is 6.07 Å². The van der Waals surface area contributed by atoms with Crippen molar-refractivity contribution in [2.24, 2.45) is 10.7 Å². The van der Waals surface area contributed by atoms with Crippen molar-refractivity contribution in [2.45, 2.75) is 48.6 Å². The van der Waals surface area contributed by atoms with Gasteiger partial charge in [0.1, 0.15) is 17.1 Å². The first-order chi connectivity index (χ1) is 19.7. The number of fused-ring (bicyclic) bond motifs is 3. The van der Waals surface area contributed by atoms with Crippen molar-refractivity contribution in [3.05, 3.63) is 54.7 Å². The minimum Gasteiger partial charge on any atom is -0.382 e. The lowest BCUT2D eigenvalue weighted by atomic mass is 9.87. The second kappa shape index (κ2) is 10.0. The van der Waals surface area contributed by atoms with Crippen LogP contribution in [0, 0.1) is 5.41 Å². The van der Waals surface area contributed by atoms with Gasteiger partial charge < -0.3 is 16.4 Å². The Bertz CT molecular complexity index is 1790. The molecule has 5 N–H and O–H groups in total. The maximum Gasteiger partial charge on any atom is 0.289 e. The molecule has 2 aliphatic rings. The van der Waals surface area contributed by atoms with Crippen molar-refractivity contribution >= 4 is 39.4 Å². The summed E-state index contributed by atoms with van der Waals surface area (Å²) in [7, 11) is -3.77. The van der Waals surface area contributed by atoms with Crippen molar-refractivity contribution < 1.29 is 13.2 Å². The van der Waals surface area contributed by atoms with Gasteiger partial charge in [-0.2, -0.15) is 9.61 Å². The number of aromatic nitrogens is 5. The molecule has 4 aromatic heterocycles. The first kappa shape index (κ1) is 26.5. The maximum absolute atomic E-state index is 13.0. The zero-order valence-electron chi connectivity index (χ0n) is 22.2. The van der Waals surface area contributed by atoms with E-state index in [4.69, 9.17) is 21.9 Å². The fourth-order valence-corrected chi connectivity index (χ4v) is 7.17. The zero-order valence-corrected chi connectivity index (χ0v) is 23.0. The number of aliphatic imine (C=N–C) groups is 1. The highest BCUT2D eigenvalue weighted by molar-refractivity contribution is 7.91. The highest BCUT2D eigenvalue weighted by Crippen LogP contribution is 2.45. The van der Waals surface area contributed by atoms with E-state index >= 15 is 0 Å². The SMILES string of the molecule is CS(=O)(=O)c1c(C2CC3CCC(C2)N3C(=O)C(N)=NC=N)nc2c(-c3ccc(-c4ccncc4)nc3)cnn2c1N. The van der Waals surface area contributed by atoms with E-state index in [1.54, 1.807) is 29.7 Å². The van der Waals surface area contributed by atoms with E-state index in [1.807, 2.05) is 24.3 Å². The summed E-state index contributed by atoms with van der Waals surface area (Å²) >= 11 is 0. The van der Waals surface area contributed by atoms with E-state index in [-0.39, 0.29) is 34.6 Å². The van der Waals surface area contributed by atoms with Gasteiger partial charge in [0, 0.05) is 59.5 Å². The lowest BCUT2D eigenvalue weighted by Gasteiger charge is -2.39. The second-order valence-electron chi connectivity index (χ2n) is 10.4. The molecule has 1 amide bonds. The molecule has 2 unspecified atom stereocenters. The number of anilines is 1. The van der Waals surface area contributed by atoms with Crippen LogP contribution in [0.3, 0.4) is 0 Å². The molecular weight excluding hydrogens is 544 g/mol. The Morgan fingerprint density at radius 2 is 1.80 bits per heavy atom. The van der Waals surface area contributed by atoms with Gasteiger partial charge in [0.2, 0.25) is 0 Å². The molecule has 4 aromatic rings. The normalized spacial score (nSPS) is 20.9. The van der Waals surface area contributed by atoms with Gasteiger partial charge in [-0.05, 0) is 43.9 Å². The van der Waals surface area contributed by atoms with Crippen LogP contribution in [0.5, 0.6) is 0 Å². The second-order valence-corrected chi connectivity index (χ2v) is 12.3. The van der Waals surface area contributed by atoms with Crippen LogP contribution in [0.25, 0.3) is 28.0 Å². The number of amides is 1. The number of nitrogen functional groups attached to an aromatic ring is 1. The molecule has 2 aliphatic heterocycles. The summed E-state index contributed by atoms with van der Waals surface area (Å²) in [6.07, 6.45) is 11.1. The Morgan fingerprint density at radius 3 is 2.41 bits per heavy atom. The molecule has 0 spiro atoms. The van der Waals surface area contributed by atoms with E-state index in [0.29, 0.717) is 29.7 Å². The monoisotopic (exact) mass is 572 g/mol. The smallest absolute Gasteiger partial charge is 0.289 e. The zero-order chi connectivity index (χ0) is 28.9. The fourth-order valence-electron chi connectivity index (χ4n) is 6.11. The molecule has 2 fully saturated rings. The molecule has 6 rings (SSSR count). The van der Waals surface area contributed by atoms with Crippen LogP contribution in [0.4, 0.5) is 5.82 Å². The van der Waals surface area contributed by atoms with E-state index < -0.39 is 15.7 Å². The molecule has 210 valence electrons. The van der Waals surface area contributed by atoms with Gasteiger partial charge in [-0.3, -0.25) is 20.2 Å². The number of sulfone groups is 1. The van der Waals surface area contributed by atoms with Crippen LogP contribution < -0.4 is 11.5 Å². The van der Waals surface area contributed by atoms with Gasteiger partial charge in [-0.15, -0.1) is 0 Å². The first-order valence-corrected chi connectivity index (χ1v) is 15.0. The number of nitrogens with one attached hydrogen (secondary N) is 1. The predicted octanol–water partition coefficient (Wildman–Crippen LogP) is 2.04. The molecule has 0 radical (unpaired) electrons. The van der Waals surface area contributed by atoms with Crippen molar-refractivity contribution in [3.8, 4) is 22.4 Å². The molecule has 0 aliphatic carbocycles. The van der Waals surface area contributed by atoms with Crippen molar-refractivity contribution in [1.82, 2.24) is 29.5 Å². The van der Waals surface area contributed by atoms with Gasteiger partial charge >= 0.3 is 0 Å². The Kier molecular flexibility index (Phi) is 6.49. The van der Waals surface area contributed by atoms with Crippen LogP contribution in [0.1, 0.15) is 37.3 Å². The van der Waals surface area contributed by atoms with Crippen LogP contribution in [0.15, 0.2) is 58.9 Å². The largest absolute Gasteiger partial charge is 0.382 e. The van der Waals surface area contributed by atoms with Crippen LogP contribution in [-0.2, 0) is 14.6 Å². The number of hydrogen-bond donors (Lipinski definition) is 3. The molecule has 2 saturated heterocycles. The molecule has 14 heteroatoms. The van der Waals surface area contributed by atoms with E-state index in [0.717, 1.165) is 42.3 Å². The van der Waals surface area contributed by atoms with Crippen molar-refractivity contribution in [3.63, 3.8) is 0 Å². The lowest BCUT2D eigenvalue weighted by molar-refractivity contribution is -0.128. The van der Waals surface area contributed by atoms with Crippen LogP contribution in [-0.4, -0.2) is 74.3 Å². The molecule has 2 atom stereocenters. The van der Waals surface area contributed by atoms with Gasteiger partial charge in [0.15, 0.2) is 21.3 Å². The van der Waals surface area contributed by atoms with Gasteiger partial charge in [0.25, 0.3) is 5.91 Å². The van der Waals surface area contributed by atoms with E-state index in [1.165, 1.54) is 4.52 Å². The summed E-state index contributed by atoms with van der Waals surface area (Å²) in [5.41, 5.74) is 16.2. The molecule has 41 heavy (non-hydrogen) atoms. The minimum atomic E-state index is -3.77. The standard InChI is InChI=1S/C27H28N10O3S/c1-41(39,40)23-22(17-10-18-3-4-19(11-17)36(18)27(38)24(29)33-14-28)35-26-20(13-34-37(26)25(23)30)16-2-5-21(32-12-16)15-6-8-31-9-7-15/h2,5-9,12-14,17-19H,3-4,10-11,30H2,1H3,(H3,28,29,33). The molecule has 0 saturated carbocycles. The third kappa shape index (κ3) is 4.59. The maximum atomic E-state index is 13.0. The van der Waals surface area contributed by atoms with Crippen LogP contribution in [0.2, 0.25) is 0 Å². The number of carbonyl (C=O) groups is 1. The number of carbonyl (C=O) groups excluding carboxylic acids is 1.